The highest BCUT2D eigenvalue weighted by atomic mass is 16.6. The van der Waals surface area contributed by atoms with Crippen molar-refractivity contribution in [2.75, 3.05) is 39.5 Å². The Morgan fingerprint density at radius 3 is 2.77 bits per heavy atom. The number of carbonyl (C=O) groups is 2. The summed E-state index contributed by atoms with van der Waals surface area (Å²) in [5, 5.41) is 0.888. The van der Waals surface area contributed by atoms with Crippen molar-refractivity contribution in [1.29, 1.82) is 0 Å². The summed E-state index contributed by atoms with van der Waals surface area (Å²) in [5.74, 6) is -1.02. The third-order valence-corrected chi connectivity index (χ3v) is 5.10. The van der Waals surface area contributed by atoms with Gasteiger partial charge in [-0.15, -0.1) is 0 Å². The molecule has 1 atom stereocenters. The molecule has 3 rings (SSSR count). The summed E-state index contributed by atoms with van der Waals surface area (Å²) < 4.78 is 15.9. The number of aryl methyl sites for hydroxylation is 1. The quantitative estimate of drug-likeness (QED) is 0.621. The number of para-hydroxylation sites is 1. The summed E-state index contributed by atoms with van der Waals surface area (Å²) in [6, 6.07) is 8.92. The zero-order valence-electron chi connectivity index (χ0n) is 17.2. The summed E-state index contributed by atoms with van der Waals surface area (Å²) in [6.45, 7) is 5.67. The Labute approximate surface area is 175 Å². The number of benzene rings is 1. The predicted molar refractivity (Wildman–Crippen MR) is 111 cm³/mol. The number of esters is 2. The second kappa shape index (κ2) is 10.9. The van der Waals surface area contributed by atoms with E-state index < -0.39 is 18.0 Å². The van der Waals surface area contributed by atoms with Gasteiger partial charge in [0.25, 0.3) is 0 Å². The van der Waals surface area contributed by atoms with Crippen molar-refractivity contribution in [3.63, 3.8) is 0 Å². The number of carbonyl (C=O) groups excluding carboxylic acids is 2. The molecule has 1 N–H and O–H groups in total. The fourth-order valence-corrected chi connectivity index (χ4v) is 3.43. The first-order chi connectivity index (χ1) is 14.6. The number of H-pyrrole nitrogens is 1. The Kier molecular flexibility index (Phi) is 7.98. The van der Waals surface area contributed by atoms with Crippen LogP contribution in [0.25, 0.3) is 10.9 Å². The zero-order valence-corrected chi connectivity index (χ0v) is 17.2. The van der Waals surface area contributed by atoms with E-state index in [0.717, 1.165) is 29.6 Å². The van der Waals surface area contributed by atoms with Gasteiger partial charge in [0.1, 0.15) is 6.61 Å². The highest BCUT2D eigenvalue weighted by molar-refractivity contribution is 5.83. The van der Waals surface area contributed by atoms with Gasteiger partial charge in [0, 0.05) is 43.0 Å². The van der Waals surface area contributed by atoms with Crippen molar-refractivity contribution in [3.8, 4) is 0 Å². The number of hydrogen-bond donors (Lipinski definition) is 1. The molecule has 8 heteroatoms. The molecule has 0 radical (unpaired) electrons. The van der Waals surface area contributed by atoms with E-state index in [9.17, 15) is 14.4 Å². The van der Waals surface area contributed by atoms with Gasteiger partial charge >= 0.3 is 11.9 Å². The highest BCUT2D eigenvalue weighted by Gasteiger charge is 2.23. The minimum Gasteiger partial charge on any atom is -0.462 e. The van der Waals surface area contributed by atoms with Crippen LogP contribution < -0.4 is 5.56 Å². The van der Waals surface area contributed by atoms with Crippen molar-refractivity contribution >= 4 is 22.8 Å². The number of rotatable bonds is 9. The van der Waals surface area contributed by atoms with Crippen molar-refractivity contribution in [2.24, 2.45) is 0 Å². The van der Waals surface area contributed by atoms with Crippen LogP contribution in [0.4, 0.5) is 0 Å². The number of nitrogens with one attached hydrogen (secondary N) is 1. The van der Waals surface area contributed by atoms with Crippen molar-refractivity contribution < 1.29 is 23.8 Å². The Balaban J connectivity index is 1.48. The number of ether oxygens (including phenoxy) is 3. The lowest BCUT2D eigenvalue weighted by Gasteiger charge is -2.26. The van der Waals surface area contributed by atoms with Gasteiger partial charge in [-0.25, -0.2) is 4.79 Å². The molecule has 8 nitrogen and oxygen atoms in total. The molecule has 2 aromatic rings. The maximum absolute atomic E-state index is 12.3. The minimum atomic E-state index is -0.918. The molecular weight excluding hydrogens is 388 g/mol. The fourth-order valence-electron chi connectivity index (χ4n) is 3.43. The monoisotopic (exact) mass is 416 g/mol. The lowest BCUT2D eigenvalue weighted by Crippen LogP contribution is -2.39. The first kappa shape index (κ1) is 22.0. The van der Waals surface area contributed by atoms with E-state index in [1.165, 1.54) is 6.07 Å². The van der Waals surface area contributed by atoms with Crippen molar-refractivity contribution in [2.45, 2.75) is 32.3 Å². The highest BCUT2D eigenvalue weighted by Crippen LogP contribution is 2.16. The van der Waals surface area contributed by atoms with E-state index in [-0.39, 0.29) is 18.6 Å². The van der Waals surface area contributed by atoms with Crippen LogP contribution in [-0.2, 0) is 30.2 Å². The number of fused-ring (bicyclic) bond motifs is 1. The summed E-state index contributed by atoms with van der Waals surface area (Å²) in [7, 11) is 0. The number of hydrogen-bond acceptors (Lipinski definition) is 7. The molecular formula is C22H28N2O6. The van der Waals surface area contributed by atoms with Crippen LogP contribution in [0.1, 0.15) is 25.3 Å². The topological polar surface area (TPSA) is 97.9 Å². The molecule has 162 valence electrons. The Morgan fingerprint density at radius 2 is 2.00 bits per heavy atom. The third kappa shape index (κ3) is 6.14. The normalized spacial score (nSPS) is 15.6. The maximum Gasteiger partial charge on any atom is 0.347 e. The first-order valence-electron chi connectivity index (χ1n) is 10.3. The van der Waals surface area contributed by atoms with Crippen LogP contribution >= 0.6 is 0 Å². The molecule has 0 spiro atoms. The minimum absolute atomic E-state index is 0.0744. The lowest BCUT2D eigenvalue weighted by molar-refractivity contribution is -0.168. The number of nitrogens with zero attached hydrogens (tertiary/aromatic N) is 1. The van der Waals surface area contributed by atoms with Crippen LogP contribution in [0.3, 0.4) is 0 Å². The van der Waals surface area contributed by atoms with Crippen LogP contribution in [0.5, 0.6) is 0 Å². The van der Waals surface area contributed by atoms with E-state index >= 15 is 0 Å². The Morgan fingerprint density at radius 1 is 1.23 bits per heavy atom. The molecule has 1 aromatic heterocycles. The van der Waals surface area contributed by atoms with Gasteiger partial charge in [-0.05, 0) is 24.5 Å². The van der Waals surface area contributed by atoms with Crippen LogP contribution in [0.2, 0.25) is 0 Å². The molecule has 1 saturated heterocycles. The number of morpholine rings is 1. The van der Waals surface area contributed by atoms with Crippen LogP contribution in [-0.4, -0.2) is 67.4 Å². The van der Waals surface area contributed by atoms with Crippen molar-refractivity contribution in [3.05, 3.63) is 46.2 Å². The SMILES string of the molecule is CCC(OC(=O)CCc1cc(=O)[nH]c2ccccc12)C(=O)OCCN1CCOCC1. The molecule has 1 aromatic carbocycles. The smallest absolute Gasteiger partial charge is 0.347 e. The van der Waals surface area contributed by atoms with Gasteiger partial charge < -0.3 is 19.2 Å². The standard InChI is InChI=1S/C22H28N2O6/c1-2-19(22(27)29-14-11-24-9-12-28-13-10-24)30-21(26)8-7-16-15-20(25)23-18-6-4-3-5-17(16)18/h3-6,15,19H,2,7-14H2,1H3,(H,23,25). The van der Waals surface area contributed by atoms with E-state index in [1.54, 1.807) is 6.92 Å². The molecule has 2 heterocycles. The molecule has 1 fully saturated rings. The largest absolute Gasteiger partial charge is 0.462 e. The average Bonchev–Trinajstić information content (AvgIpc) is 2.76. The van der Waals surface area contributed by atoms with Gasteiger partial charge in [0.05, 0.1) is 13.2 Å². The van der Waals surface area contributed by atoms with E-state index in [2.05, 4.69) is 9.88 Å². The predicted octanol–water partition coefficient (Wildman–Crippen LogP) is 1.66. The fraction of sp³-hybridized carbons (Fsp3) is 0.500. The molecule has 30 heavy (non-hydrogen) atoms. The molecule has 1 aliphatic heterocycles. The van der Waals surface area contributed by atoms with E-state index in [1.807, 2.05) is 24.3 Å². The number of aromatic amines is 1. The van der Waals surface area contributed by atoms with Gasteiger partial charge in [-0.2, -0.15) is 0 Å². The van der Waals surface area contributed by atoms with Crippen LogP contribution in [0, 0.1) is 0 Å². The second-order valence-corrected chi connectivity index (χ2v) is 7.21. The summed E-state index contributed by atoms with van der Waals surface area (Å²) >= 11 is 0. The number of aromatic nitrogens is 1. The van der Waals surface area contributed by atoms with Gasteiger partial charge in [0.15, 0.2) is 6.10 Å². The van der Waals surface area contributed by atoms with E-state index in [0.29, 0.717) is 32.6 Å². The van der Waals surface area contributed by atoms with Gasteiger partial charge in [-0.1, -0.05) is 25.1 Å². The lowest BCUT2D eigenvalue weighted by atomic mass is 10.0. The Hall–Kier alpha value is -2.71. The molecule has 0 amide bonds. The van der Waals surface area contributed by atoms with Gasteiger partial charge in [0.2, 0.25) is 5.56 Å². The van der Waals surface area contributed by atoms with Crippen LogP contribution in [0.15, 0.2) is 35.1 Å². The molecule has 1 aliphatic rings. The third-order valence-electron chi connectivity index (χ3n) is 5.10. The van der Waals surface area contributed by atoms with E-state index in [4.69, 9.17) is 14.2 Å². The Bertz CT molecular complexity index is 919. The summed E-state index contributed by atoms with van der Waals surface area (Å²) in [4.78, 5) is 41.3. The molecule has 0 aliphatic carbocycles. The summed E-state index contributed by atoms with van der Waals surface area (Å²) in [5.41, 5.74) is 1.28. The molecule has 1 unspecified atom stereocenters. The van der Waals surface area contributed by atoms with Crippen molar-refractivity contribution in [1.82, 2.24) is 9.88 Å². The molecule has 0 saturated carbocycles. The maximum atomic E-state index is 12.3. The zero-order chi connectivity index (χ0) is 21.3. The summed E-state index contributed by atoms with van der Waals surface area (Å²) in [6.07, 6.45) is -0.148. The number of pyridine rings is 1. The van der Waals surface area contributed by atoms with Gasteiger partial charge in [-0.3, -0.25) is 14.5 Å². The average molecular weight is 416 g/mol. The second-order valence-electron chi connectivity index (χ2n) is 7.21. The molecule has 0 bridgehead atoms. The first-order valence-corrected chi connectivity index (χ1v) is 10.3.